The number of carbonyl (C=O) groups is 2. The average Bonchev–Trinajstić information content (AvgIpc) is 3.62. The Morgan fingerprint density at radius 3 is 2.35 bits per heavy atom. The van der Waals surface area contributed by atoms with E-state index in [4.69, 9.17) is 26.2 Å². The Morgan fingerprint density at radius 1 is 0.877 bits per heavy atom. The number of aliphatic hydroxyl groups excluding tert-OH is 1. The van der Waals surface area contributed by atoms with E-state index < -0.39 is 12.1 Å². The number of pyridine rings is 1. The fourth-order valence-electron chi connectivity index (χ4n) is 7.02. The summed E-state index contributed by atoms with van der Waals surface area (Å²) in [7, 11) is 1.82. The Hall–Kier alpha value is -5.46. The molecule has 0 radical (unpaired) electrons. The van der Waals surface area contributed by atoms with Crippen LogP contribution in [0.5, 0.6) is 11.5 Å². The van der Waals surface area contributed by atoms with E-state index in [2.05, 4.69) is 94.7 Å². The molecule has 1 aliphatic rings. The summed E-state index contributed by atoms with van der Waals surface area (Å²) in [6.45, 7) is 6.65. The van der Waals surface area contributed by atoms with Gasteiger partial charge in [0.25, 0.3) is 0 Å². The van der Waals surface area contributed by atoms with Gasteiger partial charge in [-0.1, -0.05) is 72.3 Å². The van der Waals surface area contributed by atoms with Crippen LogP contribution in [-0.4, -0.2) is 59.4 Å². The normalized spacial score (nSPS) is 14.3. The summed E-state index contributed by atoms with van der Waals surface area (Å²) >= 11 is 6.79. The molecule has 0 saturated carbocycles. The molecule has 0 aliphatic carbocycles. The fraction of sp³-hybridized carbons (Fsp3) is 0.311. The lowest BCUT2D eigenvalue weighted by Crippen LogP contribution is -2.35. The SMILES string of the molecule is CNc1cncc(COc2cc(OCc3cccc(-c4cccc(-c5ccc(CNC[C@@H]6CCC(=O)N6)cc5)c4C)c3C)c(Cl)cc2CNC[C@@H](O)CC(=O)O)c1. The lowest BCUT2D eigenvalue weighted by atomic mass is 9.89. The first-order valence-electron chi connectivity index (χ1n) is 19.2. The highest BCUT2D eigenvalue weighted by atomic mass is 35.5. The van der Waals surface area contributed by atoms with E-state index >= 15 is 0 Å². The van der Waals surface area contributed by atoms with Crippen molar-refractivity contribution in [3.8, 4) is 33.8 Å². The van der Waals surface area contributed by atoms with Crippen LogP contribution in [0.2, 0.25) is 5.02 Å². The second kappa shape index (κ2) is 19.6. The number of carbonyl (C=O) groups excluding carboxylic acids is 1. The van der Waals surface area contributed by atoms with E-state index in [0.717, 1.165) is 64.1 Å². The summed E-state index contributed by atoms with van der Waals surface area (Å²) < 4.78 is 12.7. The third-order valence-corrected chi connectivity index (χ3v) is 10.5. The van der Waals surface area contributed by atoms with Gasteiger partial charge in [0.15, 0.2) is 0 Å². The number of carboxylic acids is 1. The molecule has 11 nitrogen and oxygen atoms in total. The van der Waals surface area contributed by atoms with E-state index in [0.29, 0.717) is 22.9 Å². The van der Waals surface area contributed by atoms with Gasteiger partial charge in [-0.05, 0) is 76.9 Å². The maximum absolute atomic E-state index is 11.5. The van der Waals surface area contributed by atoms with Crippen LogP contribution < -0.4 is 30.7 Å². The number of carboxylic acid groups (broad SMARTS) is 1. The van der Waals surface area contributed by atoms with Crippen LogP contribution in [0.1, 0.15) is 52.6 Å². The molecule has 2 heterocycles. The van der Waals surface area contributed by atoms with Gasteiger partial charge in [0.1, 0.15) is 24.7 Å². The number of ether oxygens (including phenoxy) is 2. The highest BCUT2D eigenvalue weighted by Crippen LogP contribution is 2.37. The third-order valence-electron chi connectivity index (χ3n) is 10.2. The summed E-state index contributed by atoms with van der Waals surface area (Å²) in [5, 5.41) is 32.1. The zero-order valence-electron chi connectivity index (χ0n) is 32.5. The summed E-state index contributed by atoms with van der Waals surface area (Å²) in [5.74, 6) is 0.0511. The molecule has 57 heavy (non-hydrogen) atoms. The van der Waals surface area contributed by atoms with Crippen molar-refractivity contribution in [3.63, 3.8) is 0 Å². The highest BCUT2D eigenvalue weighted by Gasteiger charge is 2.20. The van der Waals surface area contributed by atoms with E-state index in [9.17, 15) is 14.7 Å². The van der Waals surface area contributed by atoms with Crippen LogP contribution >= 0.6 is 11.6 Å². The molecular formula is C45H50ClN5O6. The summed E-state index contributed by atoms with van der Waals surface area (Å²) in [4.78, 5) is 26.8. The molecule has 5 aromatic rings. The first kappa shape index (κ1) is 41.2. The fourth-order valence-corrected chi connectivity index (χ4v) is 7.26. The minimum absolute atomic E-state index is 0.0852. The molecule has 1 aliphatic heterocycles. The molecule has 0 unspecified atom stereocenters. The number of rotatable bonds is 19. The Kier molecular flexibility index (Phi) is 14.2. The van der Waals surface area contributed by atoms with Gasteiger partial charge in [-0.2, -0.15) is 0 Å². The lowest BCUT2D eigenvalue weighted by Gasteiger charge is -2.19. The van der Waals surface area contributed by atoms with Gasteiger partial charge < -0.3 is 41.0 Å². The molecule has 298 valence electrons. The standard InChI is InChI=1S/C45H50ClN5O6/c1-28-33(6-4-8-39(28)40-9-5-7-38(29(40)2)32-12-10-30(11-13-32)20-48-23-35-14-15-44(53)51-35)27-57-43-19-42(56-26-31-16-36(47-3)24-49-21-31)34(17-41(43)46)22-50-25-37(52)18-45(54)55/h4-13,16-17,19,21,24,35,37,47-48,50,52H,14-15,18,20,22-23,25-27H2,1-3H3,(H,51,53)(H,54,55)/t35-,37-/m0/s1. The van der Waals surface area contributed by atoms with E-state index in [-0.39, 0.29) is 44.7 Å². The topological polar surface area (TPSA) is 154 Å². The van der Waals surface area contributed by atoms with Crippen LogP contribution in [-0.2, 0) is 35.9 Å². The summed E-state index contributed by atoms with van der Waals surface area (Å²) in [5.41, 5.74) is 11.5. The molecule has 6 N–H and O–H groups in total. The molecular weight excluding hydrogens is 742 g/mol. The Bertz CT molecular complexity index is 2180. The zero-order valence-corrected chi connectivity index (χ0v) is 33.3. The number of nitrogens with zero attached hydrogens (tertiary/aromatic N) is 1. The van der Waals surface area contributed by atoms with Gasteiger partial charge in [-0.3, -0.25) is 14.6 Å². The van der Waals surface area contributed by atoms with Crippen molar-refractivity contribution in [1.29, 1.82) is 0 Å². The first-order valence-corrected chi connectivity index (χ1v) is 19.5. The van der Waals surface area contributed by atoms with Crippen molar-refractivity contribution >= 4 is 29.2 Å². The van der Waals surface area contributed by atoms with Crippen molar-refractivity contribution in [1.82, 2.24) is 20.9 Å². The number of aliphatic carboxylic acids is 1. The number of hydrogen-bond acceptors (Lipinski definition) is 9. The van der Waals surface area contributed by atoms with E-state index in [1.807, 2.05) is 19.2 Å². The molecule has 1 fully saturated rings. The number of aliphatic hydroxyl groups is 1. The Balaban J connectivity index is 1.16. The average molecular weight is 792 g/mol. The van der Waals surface area contributed by atoms with E-state index in [1.165, 1.54) is 16.7 Å². The quantitative estimate of drug-likeness (QED) is 0.0507. The van der Waals surface area contributed by atoms with Crippen LogP contribution in [0.25, 0.3) is 22.3 Å². The smallest absolute Gasteiger partial charge is 0.306 e. The predicted octanol–water partition coefficient (Wildman–Crippen LogP) is 7.18. The van der Waals surface area contributed by atoms with Gasteiger partial charge in [-0.25, -0.2) is 0 Å². The van der Waals surface area contributed by atoms with Crippen molar-refractivity contribution < 1.29 is 29.3 Å². The van der Waals surface area contributed by atoms with Crippen molar-refractivity contribution in [2.45, 2.75) is 71.6 Å². The van der Waals surface area contributed by atoms with Gasteiger partial charge in [0.05, 0.1) is 23.2 Å². The minimum Gasteiger partial charge on any atom is -0.488 e. The number of amides is 1. The van der Waals surface area contributed by atoms with Crippen LogP contribution in [0.15, 0.2) is 91.3 Å². The van der Waals surface area contributed by atoms with Gasteiger partial charge in [-0.15, -0.1) is 0 Å². The number of hydrogen-bond donors (Lipinski definition) is 6. The second-order valence-corrected chi connectivity index (χ2v) is 14.8. The highest BCUT2D eigenvalue weighted by molar-refractivity contribution is 6.32. The minimum atomic E-state index is -1.07. The molecule has 6 rings (SSSR count). The van der Waals surface area contributed by atoms with Crippen molar-refractivity contribution in [2.24, 2.45) is 0 Å². The van der Waals surface area contributed by atoms with Crippen molar-refractivity contribution in [3.05, 3.63) is 130 Å². The zero-order chi connectivity index (χ0) is 40.3. The lowest BCUT2D eigenvalue weighted by molar-refractivity contribution is -0.139. The Morgan fingerprint density at radius 2 is 1.61 bits per heavy atom. The van der Waals surface area contributed by atoms with Crippen LogP contribution in [0, 0.1) is 13.8 Å². The molecule has 4 aromatic carbocycles. The molecule has 12 heteroatoms. The predicted molar refractivity (Wildman–Crippen MR) is 224 cm³/mol. The molecule has 1 amide bonds. The van der Waals surface area contributed by atoms with Crippen LogP contribution in [0.4, 0.5) is 5.69 Å². The van der Waals surface area contributed by atoms with Gasteiger partial charge in [0.2, 0.25) is 5.91 Å². The monoisotopic (exact) mass is 791 g/mol. The first-order chi connectivity index (χ1) is 27.6. The second-order valence-electron chi connectivity index (χ2n) is 14.4. The molecule has 2 atom stereocenters. The summed E-state index contributed by atoms with van der Waals surface area (Å²) in [6, 6.07) is 27.0. The van der Waals surface area contributed by atoms with Gasteiger partial charge >= 0.3 is 5.97 Å². The Labute approximate surface area is 338 Å². The van der Waals surface area contributed by atoms with Gasteiger partial charge in [0, 0.05) is 75.3 Å². The molecule has 0 spiro atoms. The largest absolute Gasteiger partial charge is 0.488 e. The number of anilines is 1. The maximum atomic E-state index is 11.5. The number of halogens is 1. The molecule has 0 bridgehead atoms. The molecule has 1 saturated heterocycles. The number of benzene rings is 4. The summed E-state index contributed by atoms with van der Waals surface area (Å²) in [6.07, 6.45) is 3.56. The number of aromatic nitrogens is 1. The molecule has 1 aromatic heterocycles. The maximum Gasteiger partial charge on any atom is 0.306 e. The van der Waals surface area contributed by atoms with Crippen molar-refractivity contribution in [2.75, 3.05) is 25.5 Å². The van der Waals surface area contributed by atoms with Crippen LogP contribution in [0.3, 0.4) is 0 Å². The number of nitrogens with one attached hydrogen (secondary N) is 4. The van der Waals surface area contributed by atoms with E-state index in [1.54, 1.807) is 24.5 Å². The third kappa shape index (κ3) is 11.1.